The quantitative estimate of drug-likeness (QED) is 0.666. The molecule has 4 heteroatoms. The topological polar surface area (TPSA) is 51.0 Å². The molecule has 22 heavy (non-hydrogen) atoms. The van der Waals surface area contributed by atoms with E-state index in [-0.39, 0.29) is 0 Å². The smallest absolute Gasteiger partial charge is 0.196 e. The van der Waals surface area contributed by atoms with Crippen molar-refractivity contribution in [1.29, 1.82) is 0 Å². The molecule has 3 aromatic rings. The van der Waals surface area contributed by atoms with Gasteiger partial charge in [0.15, 0.2) is 11.4 Å². The van der Waals surface area contributed by atoms with Crippen LogP contribution in [0.3, 0.4) is 0 Å². The van der Waals surface area contributed by atoms with Gasteiger partial charge in [0.2, 0.25) is 0 Å². The summed E-state index contributed by atoms with van der Waals surface area (Å²) in [6.07, 6.45) is 6.58. The van der Waals surface area contributed by atoms with Crippen LogP contribution in [-0.2, 0) is 0 Å². The maximum atomic E-state index is 5.94. The number of aromatic nitrogens is 2. The molecule has 0 saturated heterocycles. The van der Waals surface area contributed by atoms with Gasteiger partial charge in [-0.25, -0.2) is 9.97 Å². The number of para-hydroxylation sites is 1. The third-order valence-electron chi connectivity index (χ3n) is 4.26. The molecule has 0 radical (unpaired) electrons. The summed E-state index contributed by atoms with van der Waals surface area (Å²) in [4.78, 5) is 8.75. The van der Waals surface area contributed by atoms with Gasteiger partial charge in [-0.05, 0) is 24.5 Å². The maximum Gasteiger partial charge on any atom is 0.196 e. The molecular formula is C18H23N3O. The van der Waals surface area contributed by atoms with Crippen molar-refractivity contribution in [3.63, 3.8) is 0 Å². The Morgan fingerprint density at radius 1 is 1.18 bits per heavy atom. The summed E-state index contributed by atoms with van der Waals surface area (Å²) in [5.74, 6) is 1.48. The van der Waals surface area contributed by atoms with Crippen molar-refractivity contribution in [2.24, 2.45) is 5.92 Å². The van der Waals surface area contributed by atoms with E-state index in [0.29, 0.717) is 5.92 Å². The van der Waals surface area contributed by atoms with E-state index in [9.17, 15) is 0 Å². The number of nitrogens with zero attached hydrogens (tertiary/aromatic N) is 2. The molecule has 1 N–H and O–H groups in total. The average Bonchev–Trinajstić information content (AvgIpc) is 2.94. The number of anilines is 1. The molecule has 0 saturated carbocycles. The first-order valence-corrected chi connectivity index (χ1v) is 8.19. The zero-order valence-corrected chi connectivity index (χ0v) is 13.3. The van der Waals surface area contributed by atoms with E-state index in [1.807, 2.05) is 24.3 Å². The molecular weight excluding hydrogens is 274 g/mol. The Balaban J connectivity index is 1.84. The lowest BCUT2D eigenvalue weighted by Crippen LogP contribution is -2.14. The molecule has 0 aliphatic heterocycles. The number of benzene rings is 1. The second-order valence-electron chi connectivity index (χ2n) is 5.80. The van der Waals surface area contributed by atoms with Gasteiger partial charge in [-0.1, -0.05) is 45.2 Å². The molecule has 0 amide bonds. The largest absolute Gasteiger partial charge is 0.450 e. The highest BCUT2D eigenvalue weighted by Crippen LogP contribution is 2.30. The summed E-state index contributed by atoms with van der Waals surface area (Å²) < 4.78 is 5.94. The lowest BCUT2D eigenvalue weighted by atomic mass is 9.99. The SMILES string of the molecule is CCCCC(CC)CNc1ncnc2c1oc1ccccc12. The molecule has 1 aromatic carbocycles. The highest BCUT2D eigenvalue weighted by atomic mass is 16.3. The van der Waals surface area contributed by atoms with E-state index >= 15 is 0 Å². The van der Waals surface area contributed by atoms with Crippen molar-refractivity contribution < 1.29 is 4.42 Å². The monoisotopic (exact) mass is 297 g/mol. The molecule has 3 rings (SSSR count). The van der Waals surface area contributed by atoms with Gasteiger partial charge in [0.05, 0.1) is 0 Å². The maximum absolute atomic E-state index is 5.94. The van der Waals surface area contributed by atoms with Crippen LogP contribution < -0.4 is 5.32 Å². The van der Waals surface area contributed by atoms with Crippen LogP contribution in [0.4, 0.5) is 5.82 Å². The Morgan fingerprint density at radius 3 is 2.86 bits per heavy atom. The van der Waals surface area contributed by atoms with Crippen LogP contribution in [0.5, 0.6) is 0 Å². The fraction of sp³-hybridized carbons (Fsp3) is 0.444. The molecule has 0 bridgehead atoms. The summed E-state index contributed by atoms with van der Waals surface area (Å²) in [7, 11) is 0. The number of fused-ring (bicyclic) bond motifs is 3. The van der Waals surface area contributed by atoms with E-state index in [0.717, 1.165) is 34.4 Å². The Bertz CT molecular complexity index is 750. The number of unbranched alkanes of at least 4 members (excludes halogenated alkanes) is 1. The Hall–Kier alpha value is -2.10. The van der Waals surface area contributed by atoms with Gasteiger partial charge < -0.3 is 9.73 Å². The average molecular weight is 297 g/mol. The first-order valence-electron chi connectivity index (χ1n) is 8.19. The minimum absolute atomic E-state index is 0.675. The van der Waals surface area contributed by atoms with Crippen molar-refractivity contribution in [3.8, 4) is 0 Å². The number of nitrogens with one attached hydrogen (secondary N) is 1. The third-order valence-corrected chi connectivity index (χ3v) is 4.26. The molecule has 0 aliphatic carbocycles. The highest BCUT2D eigenvalue weighted by molar-refractivity contribution is 6.05. The summed E-state index contributed by atoms with van der Waals surface area (Å²) in [6.45, 7) is 5.42. The summed E-state index contributed by atoms with van der Waals surface area (Å²) in [5, 5.41) is 4.51. The summed E-state index contributed by atoms with van der Waals surface area (Å²) in [6, 6.07) is 7.98. The first kappa shape index (κ1) is 14.8. The predicted octanol–water partition coefficient (Wildman–Crippen LogP) is 5.00. The number of furan rings is 1. The molecule has 116 valence electrons. The van der Waals surface area contributed by atoms with Crippen molar-refractivity contribution in [2.75, 3.05) is 11.9 Å². The molecule has 1 unspecified atom stereocenters. The fourth-order valence-electron chi connectivity index (χ4n) is 2.83. The Labute approximate surface area is 130 Å². The van der Waals surface area contributed by atoms with Crippen LogP contribution in [0, 0.1) is 5.92 Å². The predicted molar refractivity (Wildman–Crippen MR) is 91.1 cm³/mol. The molecule has 4 nitrogen and oxygen atoms in total. The molecule has 0 spiro atoms. The van der Waals surface area contributed by atoms with Crippen molar-refractivity contribution >= 4 is 27.9 Å². The Kier molecular flexibility index (Phi) is 4.56. The lowest BCUT2D eigenvalue weighted by molar-refractivity contribution is 0.472. The molecule has 1 atom stereocenters. The lowest BCUT2D eigenvalue weighted by Gasteiger charge is -2.15. The highest BCUT2D eigenvalue weighted by Gasteiger charge is 2.13. The molecule has 0 fully saturated rings. The van der Waals surface area contributed by atoms with E-state index in [2.05, 4.69) is 29.1 Å². The van der Waals surface area contributed by atoms with Crippen LogP contribution in [0.25, 0.3) is 22.1 Å². The van der Waals surface area contributed by atoms with Crippen LogP contribution in [0.15, 0.2) is 35.0 Å². The Morgan fingerprint density at radius 2 is 2.05 bits per heavy atom. The second-order valence-corrected chi connectivity index (χ2v) is 5.80. The van der Waals surface area contributed by atoms with Gasteiger partial charge in [-0.2, -0.15) is 0 Å². The van der Waals surface area contributed by atoms with Gasteiger partial charge in [0.25, 0.3) is 0 Å². The van der Waals surface area contributed by atoms with E-state index in [1.54, 1.807) is 6.33 Å². The zero-order chi connectivity index (χ0) is 15.4. The van der Waals surface area contributed by atoms with Crippen LogP contribution in [0.2, 0.25) is 0 Å². The second kappa shape index (κ2) is 6.77. The minimum Gasteiger partial charge on any atom is -0.450 e. The number of hydrogen-bond donors (Lipinski definition) is 1. The van der Waals surface area contributed by atoms with Gasteiger partial charge in [-0.3, -0.25) is 0 Å². The standard InChI is InChI=1S/C18H23N3O/c1-3-5-8-13(4-2)11-19-18-17-16(20-12-21-18)14-9-6-7-10-15(14)22-17/h6-7,9-10,12-13H,3-5,8,11H2,1-2H3,(H,19,20,21). The van der Waals surface area contributed by atoms with Gasteiger partial charge in [0.1, 0.15) is 17.4 Å². The first-order chi connectivity index (χ1) is 10.8. The van der Waals surface area contributed by atoms with Crippen molar-refractivity contribution in [3.05, 3.63) is 30.6 Å². The van der Waals surface area contributed by atoms with Gasteiger partial charge in [0, 0.05) is 11.9 Å². The van der Waals surface area contributed by atoms with Crippen molar-refractivity contribution in [2.45, 2.75) is 39.5 Å². The number of hydrogen-bond acceptors (Lipinski definition) is 4. The minimum atomic E-state index is 0.675. The zero-order valence-electron chi connectivity index (χ0n) is 13.3. The van der Waals surface area contributed by atoms with Gasteiger partial charge >= 0.3 is 0 Å². The van der Waals surface area contributed by atoms with E-state index < -0.39 is 0 Å². The van der Waals surface area contributed by atoms with Crippen molar-refractivity contribution in [1.82, 2.24) is 9.97 Å². The summed E-state index contributed by atoms with van der Waals surface area (Å²) in [5.41, 5.74) is 2.50. The molecule has 2 heterocycles. The van der Waals surface area contributed by atoms with Crippen LogP contribution in [-0.4, -0.2) is 16.5 Å². The van der Waals surface area contributed by atoms with Crippen LogP contribution in [0.1, 0.15) is 39.5 Å². The molecule has 0 aliphatic rings. The van der Waals surface area contributed by atoms with E-state index in [4.69, 9.17) is 4.42 Å². The number of rotatable bonds is 7. The normalized spacial score (nSPS) is 12.8. The molecule has 2 aromatic heterocycles. The van der Waals surface area contributed by atoms with E-state index in [1.165, 1.54) is 25.7 Å². The third kappa shape index (κ3) is 2.91. The summed E-state index contributed by atoms with van der Waals surface area (Å²) >= 11 is 0. The van der Waals surface area contributed by atoms with Gasteiger partial charge in [-0.15, -0.1) is 0 Å². The fourth-order valence-corrected chi connectivity index (χ4v) is 2.83. The van der Waals surface area contributed by atoms with Crippen LogP contribution >= 0.6 is 0 Å².